The third-order valence-electron chi connectivity index (χ3n) is 2.50. The molecule has 0 aromatic heterocycles. The monoisotopic (exact) mass is 278 g/mol. The Hall–Kier alpha value is -0.690. The van der Waals surface area contributed by atoms with Crippen LogP contribution in [-0.2, 0) is 19.0 Å². The quantitative estimate of drug-likeness (QED) is 0.535. The van der Waals surface area contributed by atoms with E-state index < -0.39 is 24.3 Å². The lowest BCUT2D eigenvalue weighted by Gasteiger charge is -2.19. The van der Waals surface area contributed by atoms with Crippen LogP contribution in [0.5, 0.6) is 0 Å². The van der Waals surface area contributed by atoms with E-state index in [1.807, 2.05) is 13.8 Å². The van der Waals surface area contributed by atoms with Crippen molar-refractivity contribution in [1.82, 2.24) is 0 Å². The summed E-state index contributed by atoms with van der Waals surface area (Å²) >= 11 is 0. The van der Waals surface area contributed by atoms with Crippen molar-refractivity contribution in [2.45, 2.75) is 51.9 Å². The van der Waals surface area contributed by atoms with Crippen LogP contribution in [0, 0.1) is 0 Å². The van der Waals surface area contributed by atoms with E-state index in [4.69, 9.17) is 14.2 Å². The van der Waals surface area contributed by atoms with Crippen LogP contribution < -0.4 is 0 Å². The second-order valence-corrected chi connectivity index (χ2v) is 4.43. The first kappa shape index (κ1) is 18.3. The van der Waals surface area contributed by atoms with Crippen molar-refractivity contribution < 1.29 is 29.2 Å². The maximum atomic E-state index is 10.9. The first-order valence-corrected chi connectivity index (χ1v) is 6.68. The van der Waals surface area contributed by atoms with Crippen LogP contribution in [0.25, 0.3) is 0 Å². The number of aliphatic hydroxyl groups is 2. The van der Waals surface area contributed by atoms with Crippen LogP contribution in [0.1, 0.15) is 33.6 Å². The highest BCUT2D eigenvalue weighted by molar-refractivity contribution is 5.66. The van der Waals surface area contributed by atoms with Gasteiger partial charge in [0.15, 0.2) is 0 Å². The molecule has 2 atom stereocenters. The molecule has 0 amide bonds. The van der Waals surface area contributed by atoms with Crippen LogP contribution >= 0.6 is 0 Å². The molecule has 0 aliphatic heterocycles. The molecule has 0 saturated heterocycles. The summed E-state index contributed by atoms with van der Waals surface area (Å²) in [7, 11) is 0. The number of esters is 1. The van der Waals surface area contributed by atoms with E-state index in [1.54, 1.807) is 0 Å². The van der Waals surface area contributed by atoms with Crippen LogP contribution in [0.2, 0.25) is 0 Å². The van der Waals surface area contributed by atoms with Gasteiger partial charge in [0.05, 0.1) is 38.6 Å². The molecule has 0 aliphatic rings. The van der Waals surface area contributed by atoms with Gasteiger partial charge in [-0.1, -0.05) is 13.8 Å². The van der Waals surface area contributed by atoms with Gasteiger partial charge in [0.1, 0.15) is 6.10 Å². The normalized spacial score (nSPS) is 15.8. The standard InChI is InChI=1S/C13H26O6/c1-4-11(15)6-17-8-13(19-10(3)14)9-18-7-12(16)5-2/h11-13,15-16H,4-9H2,1-3H3. The molecule has 2 unspecified atom stereocenters. The zero-order valence-corrected chi connectivity index (χ0v) is 12.0. The van der Waals surface area contributed by atoms with Gasteiger partial charge in [-0.15, -0.1) is 0 Å². The molecule has 6 heteroatoms. The van der Waals surface area contributed by atoms with Crippen molar-refractivity contribution in [2.24, 2.45) is 0 Å². The van der Waals surface area contributed by atoms with E-state index in [9.17, 15) is 15.0 Å². The molecule has 0 aliphatic carbocycles. The second kappa shape index (κ2) is 11.2. The van der Waals surface area contributed by atoms with E-state index in [-0.39, 0.29) is 26.4 Å². The summed E-state index contributed by atoms with van der Waals surface area (Å²) in [5, 5.41) is 18.7. The minimum atomic E-state index is -0.523. The molecule has 0 bridgehead atoms. The fourth-order valence-corrected chi connectivity index (χ4v) is 1.26. The Morgan fingerprint density at radius 2 is 1.37 bits per heavy atom. The predicted molar refractivity (Wildman–Crippen MR) is 69.8 cm³/mol. The highest BCUT2D eigenvalue weighted by atomic mass is 16.6. The van der Waals surface area contributed by atoms with E-state index in [2.05, 4.69) is 0 Å². The molecule has 0 saturated carbocycles. The van der Waals surface area contributed by atoms with Crippen molar-refractivity contribution in [3.8, 4) is 0 Å². The third kappa shape index (κ3) is 10.9. The molecule has 0 spiro atoms. The summed E-state index contributed by atoms with van der Waals surface area (Å²) in [5.41, 5.74) is 0. The smallest absolute Gasteiger partial charge is 0.303 e. The second-order valence-electron chi connectivity index (χ2n) is 4.43. The van der Waals surface area contributed by atoms with E-state index in [0.29, 0.717) is 12.8 Å². The van der Waals surface area contributed by atoms with Gasteiger partial charge in [-0.2, -0.15) is 0 Å². The molecule has 0 aromatic rings. The molecular weight excluding hydrogens is 252 g/mol. The Labute approximate surface area is 114 Å². The topological polar surface area (TPSA) is 85.2 Å². The number of aliphatic hydroxyl groups excluding tert-OH is 2. The van der Waals surface area contributed by atoms with Gasteiger partial charge in [-0.05, 0) is 12.8 Å². The van der Waals surface area contributed by atoms with Crippen molar-refractivity contribution in [2.75, 3.05) is 26.4 Å². The average Bonchev–Trinajstić information content (AvgIpc) is 2.37. The fourth-order valence-electron chi connectivity index (χ4n) is 1.26. The van der Waals surface area contributed by atoms with Gasteiger partial charge in [0, 0.05) is 6.92 Å². The zero-order valence-electron chi connectivity index (χ0n) is 12.0. The minimum Gasteiger partial charge on any atom is -0.458 e. The third-order valence-corrected chi connectivity index (χ3v) is 2.50. The Morgan fingerprint density at radius 1 is 0.947 bits per heavy atom. The first-order valence-electron chi connectivity index (χ1n) is 6.68. The molecule has 6 nitrogen and oxygen atoms in total. The molecular formula is C13H26O6. The number of hydrogen-bond donors (Lipinski definition) is 2. The molecule has 114 valence electrons. The Balaban J connectivity index is 3.91. The summed E-state index contributed by atoms with van der Waals surface area (Å²) in [6.07, 6.45) is -0.332. The summed E-state index contributed by atoms with van der Waals surface area (Å²) in [6.45, 7) is 5.75. The van der Waals surface area contributed by atoms with Crippen LogP contribution in [-0.4, -0.2) is 60.9 Å². The summed E-state index contributed by atoms with van der Waals surface area (Å²) in [6, 6.07) is 0. The van der Waals surface area contributed by atoms with Gasteiger partial charge >= 0.3 is 5.97 Å². The summed E-state index contributed by atoms with van der Waals surface area (Å²) < 4.78 is 15.6. The SMILES string of the molecule is CCC(O)COCC(COCC(O)CC)OC(C)=O. The van der Waals surface area contributed by atoms with Crippen molar-refractivity contribution in [1.29, 1.82) is 0 Å². The maximum absolute atomic E-state index is 10.9. The van der Waals surface area contributed by atoms with Gasteiger partial charge in [-0.25, -0.2) is 0 Å². The Morgan fingerprint density at radius 3 is 1.68 bits per heavy atom. The zero-order chi connectivity index (χ0) is 14.7. The highest BCUT2D eigenvalue weighted by Gasteiger charge is 2.14. The summed E-state index contributed by atoms with van der Waals surface area (Å²) in [4.78, 5) is 10.9. The summed E-state index contributed by atoms with van der Waals surface area (Å²) in [5.74, 6) is -0.413. The average molecular weight is 278 g/mol. The number of rotatable bonds is 11. The molecule has 19 heavy (non-hydrogen) atoms. The lowest BCUT2D eigenvalue weighted by atomic mass is 10.3. The number of carbonyl (C=O) groups excluding carboxylic acids is 1. The van der Waals surface area contributed by atoms with E-state index in [0.717, 1.165) is 0 Å². The van der Waals surface area contributed by atoms with Gasteiger partial charge in [0.2, 0.25) is 0 Å². The molecule has 0 radical (unpaired) electrons. The lowest BCUT2D eigenvalue weighted by molar-refractivity contribution is -0.154. The van der Waals surface area contributed by atoms with Crippen LogP contribution in [0.15, 0.2) is 0 Å². The molecule has 0 rings (SSSR count). The number of carbonyl (C=O) groups is 1. The molecule has 0 aromatic carbocycles. The number of hydrogen-bond acceptors (Lipinski definition) is 6. The van der Waals surface area contributed by atoms with Crippen molar-refractivity contribution in [3.05, 3.63) is 0 Å². The van der Waals surface area contributed by atoms with Crippen LogP contribution in [0.4, 0.5) is 0 Å². The predicted octanol–water partition coefficient (Wildman–Crippen LogP) is 0.493. The fraction of sp³-hybridized carbons (Fsp3) is 0.923. The van der Waals surface area contributed by atoms with Gasteiger partial charge < -0.3 is 24.4 Å². The van der Waals surface area contributed by atoms with Crippen molar-refractivity contribution in [3.63, 3.8) is 0 Å². The highest BCUT2D eigenvalue weighted by Crippen LogP contribution is 2.00. The van der Waals surface area contributed by atoms with Crippen molar-refractivity contribution >= 4 is 5.97 Å². The molecule has 0 heterocycles. The maximum Gasteiger partial charge on any atom is 0.303 e. The van der Waals surface area contributed by atoms with E-state index >= 15 is 0 Å². The van der Waals surface area contributed by atoms with Crippen LogP contribution in [0.3, 0.4) is 0 Å². The first-order chi connectivity index (χ1) is 8.99. The molecule has 0 fully saturated rings. The largest absolute Gasteiger partial charge is 0.458 e. The Kier molecular flexibility index (Phi) is 10.8. The molecule has 2 N–H and O–H groups in total. The van der Waals surface area contributed by atoms with Gasteiger partial charge in [-0.3, -0.25) is 4.79 Å². The Bertz CT molecular complexity index is 217. The van der Waals surface area contributed by atoms with Gasteiger partial charge in [0.25, 0.3) is 0 Å². The lowest BCUT2D eigenvalue weighted by Crippen LogP contribution is -2.30. The van der Waals surface area contributed by atoms with E-state index in [1.165, 1.54) is 6.92 Å². The minimum absolute atomic E-state index is 0.166. The number of ether oxygens (including phenoxy) is 3.